The van der Waals surface area contributed by atoms with Gasteiger partial charge in [-0.1, -0.05) is 26.0 Å². The maximum Gasteiger partial charge on any atom is 0.165 e. The lowest BCUT2D eigenvalue weighted by Crippen LogP contribution is -2.33. The van der Waals surface area contributed by atoms with Gasteiger partial charge in [0, 0.05) is 18.2 Å². The first-order valence-electron chi connectivity index (χ1n) is 6.66. The zero-order valence-electron chi connectivity index (χ0n) is 12.3. The first-order valence-corrected chi connectivity index (χ1v) is 6.66. The molecule has 19 heavy (non-hydrogen) atoms. The van der Waals surface area contributed by atoms with Gasteiger partial charge in [0.2, 0.25) is 0 Å². The zero-order valence-corrected chi connectivity index (χ0v) is 12.3. The van der Waals surface area contributed by atoms with Crippen molar-refractivity contribution < 1.29 is 14.6 Å². The van der Waals surface area contributed by atoms with E-state index in [0.29, 0.717) is 12.5 Å². The first kappa shape index (κ1) is 15.8. The fraction of sp³-hybridized carbons (Fsp3) is 0.600. The summed E-state index contributed by atoms with van der Waals surface area (Å²) in [6.07, 6.45) is 0.947. The van der Waals surface area contributed by atoms with E-state index in [2.05, 4.69) is 19.2 Å². The molecule has 4 heteroatoms. The van der Waals surface area contributed by atoms with Gasteiger partial charge in [0.1, 0.15) is 0 Å². The van der Waals surface area contributed by atoms with Gasteiger partial charge in [-0.25, -0.2) is 0 Å². The maximum absolute atomic E-state index is 9.36. The van der Waals surface area contributed by atoms with Gasteiger partial charge in [-0.3, -0.25) is 0 Å². The standard InChI is InChI=1S/C15H25NO3/c1-11(2)8-13(10-17)16-9-12-6-5-7-14(18-3)15(12)19-4/h5-7,11,13,16-17H,8-10H2,1-4H3. The largest absolute Gasteiger partial charge is 0.493 e. The third kappa shape index (κ3) is 4.73. The van der Waals surface area contributed by atoms with Gasteiger partial charge in [-0.2, -0.15) is 0 Å². The third-order valence-electron chi connectivity index (χ3n) is 3.04. The number of benzene rings is 1. The molecule has 4 nitrogen and oxygen atoms in total. The Bertz CT molecular complexity index is 380. The molecule has 0 fully saturated rings. The first-order chi connectivity index (χ1) is 9.12. The van der Waals surface area contributed by atoms with E-state index in [0.717, 1.165) is 23.5 Å². The molecule has 0 radical (unpaired) electrons. The van der Waals surface area contributed by atoms with E-state index < -0.39 is 0 Å². The number of aliphatic hydroxyl groups excluding tert-OH is 1. The van der Waals surface area contributed by atoms with Crippen LogP contribution in [-0.4, -0.2) is 32.0 Å². The van der Waals surface area contributed by atoms with Crippen LogP contribution in [0.3, 0.4) is 0 Å². The Balaban J connectivity index is 2.71. The number of rotatable bonds is 8. The van der Waals surface area contributed by atoms with Crippen molar-refractivity contribution in [3.8, 4) is 11.5 Å². The molecule has 0 heterocycles. The summed E-state index contributed by atoms with van der Waals surface area (Å²) >= 11 is 0. The highest BCUT2D eigenvalue weighted by Crippen LogP contribution is 2.30. The molecule has 0 aliphatic carbocycles. The highest BCUT2D eigenvalue weighted by Gasteiger charge is 2.13. The van der Waals surface area contributed by atoms with Crippen molar-refractivity contribution in [2.24, 2.45) is 5.92 Å². The molecule has 0 saturated carbocycles. The van der Waals surface area contributed by atoms with E-state index in [1.165, 1.54) is 0 Å². The molecule has 1 atom stereocenters. The fourth-order valence-corrected chi connectivity index (χ4v) is 2.14. The molecule has 0 aromatic heterocycles. The summed E-state index contributed by atoms with van der Waals surface area (Å²) in [5, 5.41) is 12.7. The lowest BCUT2D eigenvalue weighted by molar-refractivity contribution is 0.223. The Morgan fingerprint density at radius 1 is 1.21 bits per heavy atom. The smallest absolute Gasteiger partial charge is 0.165 e. The van der Waals surface area contributed by atoms with Crippen LogP contribution >= 0.6 is 0 Å². The Labute approximate surface area is 115 Å². The van der Waals surface area contributed by atoms with Gasteiger partial charge in [0.25, 0.3) is 0 Å². The van der Waals surface area contributed by atoms with Crippen molar-refractivity contribution in [1.29, 1.82) is 0 Å². The number of methoxy groups -OCH3 is 2. The molecule has 0 aliphatic rings. The highest BCUT2D eigenvalue weighted by molar-refractivity contribution is 5.46. The summed E-state index contributed by atoms with van der Waals surface area (Å²) in [6, 6.07) is 5.92. The Morgan fingerprint density at radius 3 is 2.47 bits per heavy atom. The molecule has 0 amide bonds. The van der Waals surface area contributed by atoms with Crippen LogP contribution in [0.5, 0.6) is 11.5 Å². The predicted octanol–water partition coefficient (Wildman–Crippen LogP) is 2.20. The maximum atomic E-state index is 9.36. The Kier molecular flexibility index (Phi) is 6.67. The number of ether oxygens (including phenoxy) is 2. The number of aliphatic hydroxyl groups is 1. The second kappa shape index (κ2) is 8.02. The van der Waals surface area contributed by atoms with Crippen LogP contribution in [0.4, 0.5) is 0 Å². The molecule has 108 valence electrons. The predicted molar refractivity (Wildman–Crippen MR) is 76.7 cm³/mol. The summed E-state index contributed by atoms with van der Waals surface area (Å²) in [7, 11) is 3.27. The normalized spacial score (nSPS) is 12.5. The number of para-hydroxylation sites is 1. The molecule has 2 N–H and O–H groups in total. The van der Waals surface area contributed by atoms with Crippen molar-refractivity contribution >= 4 is 0 Å². The van der Waals surface area contributed by atoms with Crippen molar-refractivity contribution in [2.45, 2.75) is 32.9 Å². The van der Waals surface area contributed by atoms with Crippen LogP contribution in [0.25, 0.3) is 0 Å². The quantitative estimate of drug-likeness (QED) is 0.758. The minimum atomic E-state index is 0.107. The second-order valence-electron chi connectivity index (χ2n) is 5.04. The average molecular weight is 267 g/mol. The topological polar surface area (TPSA) is 50.7 Å². The van der Waals surface area contributed by atoms with Crippen LogP contribution < -0.4 is 14.8 Å². The van der Waals surface area contributed by atoms with E-state index in [1.807, 2.05) is 18.2 Å². The summed E-state index contributed by atoms with van der Waals surface area (Å²) in [5.74, 6) is 2.03. The van der Waals surface area contributed by atoms with Crippen LogP contribution in [0.1, 0.15) is 25.8 Å². The van der Waals surface area contributed by atoms with E-state index >= 15 is 0 Å². The van der Waals surface area contributed by atoms with Gasteiger partial charge >= 0.3 is 0 Å². The van der Waals surface area contributed by atoms with Crippen LogP contribution in [0.2, 0.25) is 0 Å². The van der Waals surface area contributed by atoms with Crippen LogP contribution in [0.15, 0.2) is 18.2 Å². The van der Waals surface area contributed by atoms with E-state index in [4.69, 9.17) is 9.47 Å². The molecule has 0 aliphatic heterocycles. The molecular weight excluding hydrogens is 242 g/mol. The summed E-state index contributed by atoms with van der Waals surface area (Å²) < 4.78 is 10.7. The van der Waals surface area contributed by atoms with Crippen LogP contribution in [0, 0.1) is 5.92 Å². The van der Waals surface area contributed by atoms with Crippen molar-refractivity contribution in [3.63, 3.8) is 0 Å². The molecule has 1 aromatic rings. The summed E-state index contributed by atoms with van der Waals surface area (Å²) in [5.41, 5.74) is 1.03. The number of hydrogen-bond donors (Lipinski definition) is 2. The minimum absolute atomic E-state index is 0.107. The lowest BCUT2D eigenvalue weighted by Gasteiger charge is -2.19. The minimum Gasteiger partial charge on any atom is -0.493 e. The number of hydrogen-bond acceptors (Lipinski definition) is 4. The lowest BCUT2D eigenvalue weighted by atomic mass is 10.0. The van der Waals surface area contributed by atoms with Gasteiger partial charge in [0.15, 0.2) is 11.5 Å². The van der Waals surface area contributed by atoms with Crippen molar-refractivity contribution in [3.05, 3.63) is 23.8 Å². The summed E-state index contributed by atoms with van der Waals surface area (Å²) in [4.78, 5) is 0. The monoisotopic (exact) mass is 267 g/mol. The average Bonchev–Trinajstić information content (AvgIpc) is 2.42. The van der Waals surface area contributed by atoms with E-state index in [-0.39, 0.29) is 12.6 Å². The second-order valence-corrected chi connectivity index (χ2v) is 5.04. The van der Waals surface area contributed by atoms with Crippen LogP contribution in [-0.2, 0) is 6.54 Å². The molecular formula is C15H25NO3. The number of nitrogens with one attached hydrogen (secondary N) is 1. The summed E-state index contributed by atoms with van der Waals surface area (Å²) in [6.45, 7) is 5.09. The SMILES string of the molecule is COc1cccc(CNC(CO)CC(C)C)c1OC. The fourth-order valence-electron chi connectivity index (χ4n) is 2.14. The molecule has 1 rings (SSSR count). The van der Waals surface area contributed by atoms with Crippen molar-refractivity contribution in [2.75, 3.05) is 20.8 Å². The Hall–Kier alpha value is -1.26. The molecule has 1 unspecified atom stereocenters. The van der Waals surface area contributed by atoms with E-state index in [9.17, 15) is 5.11 Å². The van der Waals surface area contributed by atoms with Gasteiger partial charge in [0.05, 0.1) is 20.8 Å². The molecule has 0 saturated heterocycles. The highest BCUT2D eigenvalue weighted by atomic mass is 16.5. The van der Waals surface area contributed by atoms with E-state index in [1.54, 1.807) is 14.2 Å². The molecule has 1 aromatic carbocycles. The molecule has 0 bridgehead atoms. The van der Waals surface area contributed by atoms with Gasteiger partial charge in [-0.05, 0) is 18.4 Å². The van der Waals surface area contributed by atoms with Gasteiger partial charge < -0.3 is 19.9 Å². The third-order valence-corrected chi connectivity index (χ3v) is 3.04. The van der Waals surface area contributed by atoms with Gasteiger partial charge in [-0.15, -0.1) is 0 Å². The van der Waals surface area contributed by atoms with Crippen molar-refractivity contribution in [1.82, 2.24) is 5.32 Å². The Morgan fingerprint density at radius 2 is 1.95 bits per heavy atom. The molecule has 0 spiro atoms. The zero-order chi connectivity index (χ0) is 14.3.